The number of rotatable bonds is 6. The number of hydrogen-bond acceptors (Lipinski definition) is 4. The molecule has 4 rings (SSSR count). The summed E-state index contributed by atoms with van der Waals surface area (Å²) in [6, 6.07) is 16.4. The molecule has 25 heavy (non-hydrogen) atoms. The lowest BCUT2D eigenvalue weighted by atomic mass is 10.3. The molecular formula is C19H22N6. The van der Waals surface area contributed by atoms with Crippen LogP contribution in [0, 0.1) is 0 Å². The van der Waals surface area contributed by atoms with Gasteiger partial charge in [-0.1, -0.05) is 29.5 Å². The number of imidazole rings is 1. The zero-order chi connectivity index (χ0) is 17.2. The summed E-state index contributed by atoms with van der Waals surface area (Å²) in [6.07, 6.45) is 1.08. The van der Waals surface area contributed by atoms with Gasteiger partial charge in [-0.15, -0.1) is 5.10 Å². The topological polar surface area (TPSA) is 51.8 Å². The van der Waals surface area contributed by atoms with Gasteiger partial charge in [0.05, 0.1) is 16.6 Å². The van der Waals surface area contributed by atoms with Crippen molar-refractivity contribution in [1.29, 1.82) is 0 Å². The average molecular weight is 334 g/mol. The number of aromatic nitrogens is 5. The highest BCUT2D eigenvalue weighted by Gasteiger charge is 2.13. The minimum absolute atomic E-state index is 0.622. The summed E-state index contributed by atoms with van der Waals surface area (Å²) in [7, 11) is 4.21. The van der Waals surface area contributed by atoms with Crippen LogP contribution in [-0.2, 0) is 13.1 Å². The monoisotopic (exact) mass is 334 g/mol. The van der Waals surface area contributed by atoms with Crippen molar-refractivity contribution in [3.05, 3.63) is 54.4 Å². The van der Waals surface area contributed by atoms with Crippen molar-refractivity contribution in [2.45, 2.75) is 19.5 Å². The van der Waals surface area contributed by atoms with Gasteiger partial charge in [-0.2, -0.15) is 0 Å². The van der Waals surface area contributed by atoms with E-state index < -0.39 is 0 Å². The van der Waals surface area contributed by atoms with Crippen LogP contribution < -0.4 is 0 Å². The molecule has 0 unspecified atom stereocenters. The summed E-state index contributed by atoms with van der Waals surface area (Å²) in [5, 5.41) is 8.57. The summed E-state index contributed by atoms with van der Waals surface area (Å²) < 4.78 is 4.24. The van der Waals surface area contributed by atoms with E-state index in [2.05, 4.69) is 52.1 Å². The van der Waals surface area contributed by atoms with Crippen molar-refractivity contribution in [1.82, 2.24) is 29.4 Å². The van der Waals surface area contributed by atoms with E-state index >= 15 is 0 Å². The Morgan fingerprint density at radius 2 is 1.64 bits per heavy atom. The molecule has 4 aromatic rings. The zero-order valence-corrected chi connectivity index (χ0v) is 14.6. The molecule has 0 atom stereocenters. The second-order valence-corrected chi connectivity index (χ2v) is 6.56. The second kappa shape index (κ2) is 6.64. The number of para-hydroxylation sites is 3. The molecule has 128 valence electrons. The van der Waals surface area contributed by atoms with Crippen LogP contribution in [0.2, 0.25) is 0 Å². The van der Waals surface area contributed by atoms with Gasteiger partial charge in [0.2, 0.25) is 0 Å². The number of fused-ring (bicyclic) bond motifs is 2. The maximum atomic E-state index is 4.85. The fraction of sp³-hybridized carbons (Fsp3) is 0.316. The van der Waals surface area contributed by atoms with Crippen LogP contribution in [0.25, 0.3) is 22.1 Å². The van der Waals surface area contributed by atoms with Crippen molar-refractivity contribution in [3.63, 3.8) is 0 Å². The Balaban J connectivity index is 1.70. The Morgan fingerprint density at radius 3 is 2.44 bits per heavy atom. The summed E-state index contributed by atoms with van der Waals surface area (Å²) in [4.78, 5) is 7.06. The predicted molar refractivity (Wildman–Crippen MR) is 99.5 cm³/mol. The number of aryl methyl sites for hydroxylation is 1. The van der Waals surface area contributed by atoms with Crippen LogP contribution in [0.1, 0.15) is 12.2 Å². The molecule has 6 heteroatoms. The first-order valence-electron chi connectivity index (χ1n) is 8.59. The van der Waals surface area contributed by atoms with E-state index in [9.17, 15) is 0 Å². The largest absolute Gasteiger partial charge is 0.326 e. The lowest BCUT2D eigenvalue weighted by molar-refractivity contribution is 0.385. The molecule has 0 aliphatic heterocycles. The first-order valence-corrected chi connectivity index (χ1v) is 8.59. The lowest BCUT2D eigenvalue weighted by Gasteiger charge is -2.12. The quantitative estimate of drug-likeness (QED) is 0.544. The Hall–Kier alpha value is -2.73. The summed E-state index contributed by atoms with van der Waals surface area (Å²) in [5.41, 5.74) is 4.17. The minimum atomic E-state index is 0.622. The molecule has 2 aromatic carbocycles. The predicted octanol–water partition coefficient (Wildman–Crippen LogP) is 2.78. The summed E-state index contributed by atoms with van der Waals surface area (Å²) in [5.74, 6) is 1.02. The summed E-state index contributed by atoms with van der Waals surface area (Å²) >= 11 is 0. The first-order chi connectivity index (χ1) is 12.2. The third-order valence-corrected chi connectivity index (χ3v) is 4.43. The minimum Gasteiger partial charge on any atom is -0.326 e. The van der Waals surface area contributed by atoms with Crippen LogP contribution in [0.4, 0.5) is 0 Å². The molecule has 0 aliphatic carbocycles. The van der Waals surface area contributed by atoms with Gasteiger partial charge >= 0.3 is 0 Å². The molecular weight excluding hydrogens is 312 g/mol. The van der Waals surface area contributed by atoms with Gasteiger partial charge in [0.15, 0.2) is 0 Å². The molecule has 0 saturated heterocycles. The average Bonchev–Trinajstić information content (AvgIpc) is 3.17. The van der Waals surface area contributed by atoms with Gasteiger partial charge in [-0.25, -0.2) is 9.67 Å². The normalized spacial score (nSPS) is 11.8. The fourth-order valence-corrected chi connectivity index (χ4v) is 3.21. The Kier molecular flexibility index (Phi) is 4.19. The van der Waals surface area contributed by atoms with E-state index in [1.54, 1.807) is 0 Å². The third-order valence-electron chi connectivity index (χ3n) is 4.43. The zero-order valence-electron chi connectivity index (χ0n) is 14.6. The Morgan fingerprint density at radius 1 is 0.920 bits per heavy atom. The maximum absolute atomic E-state index is 4.85. The van der Waals surface area contributed by atoms with Gasteiger partial charge < -0.3 is 9.47 Å². The van der Waals surface area contributed by atoms with Crippen molar-refractivity contribution >= 4 is 22.1 Å². The smallest absolute Gasteiger partial charge is 0.131 e. The van der Waals surface area contributed by atoms with Crippen LogP contribution in [0.15, 0.2) is 48.5 Å². The highest BCUT2D eigenvalue weighted by Crippen LogP contribution is 2.19. The molecule has 2 heterocycles. The molecule has 0 spiro atoms. The van der Waals surface area contributed by atoms with Crippen LogP contribution in [0.5, 0.6) is 0 Å². The van der Waals surface area contributed by atoms with Gasteiger partial charge in [0, 0.05) is 6.54 Å². The van der Waals surface area contributed by atoms with E-state index in [0.717, 1.165) is 41.9 Å². The highest BCUT2D eigenvalue weighted by molar-refractivity contribution is 5.76. The molecule has 0 N–H and O–H groups in total. The first kappa shape index (κ1) is 15.8. The van der Waals surface area contributed by atoms with Crippen LogP contribution >= 0.6 is 0 Å². The molecule has 0 amide bonds. The third kappa shape index (κ3) is 3.13. The number of hydrogen-bond donors (Lipinski definition) is 0. The van der Waals surface area contributed by atoms with Crippen molar-refractivity contribution in [3.8, 4) is 0 Å². The Bertz CT molecular complexity index is 997. The van der Waals surface area contributed by atoms with E-state index in [1.165, 1.54) is 5.52 Å². The van der Waals surface area contributed by atoms with E-state index in [0.29, 0.717) is 6.54 Å². The van der Waals surface area contributed by atoms with Crippen molar-refractivity contribution in [2.75, 3.05) is 20.6 Å². The van der Waals surface area contributed by atoms with Crippen molar-refractivity contribution < 1.29 is 0 Å². The standard InChI is InChI=1S/C19H22N6/c1-23(2)12-7-13-24-17-10-5-3-8-15(17)20-19(24)14-25-18-11-6-4-9-16(18)21-22-25/h3-6,8-11H,7,12-14H2,1-2H3. The highest BCUT2D eigenvalue weighted by atomic mass is 15.4. The van der Waals surface area contributed by atoms with Gasteiger partial charge in [-0.05, 0) is 51.3 Å². The van der Waals surface area contributed by atoms with Gasteiger partial charge in [0.1, 0.15) is 17.9 Å². The van der Waals surface area contributed by atoms with E-state index in [4.69, 9.17) is 4.98 Å². The maximum Gasteiger partial charge on any atom is 0.131 e. The molecule has 0 aliphatic rings. The lowest BCUT2D eigenvalue weighted by Crippen LogP contribution is -2.16. The molecule has 2 aromatic heterocycles. The second-order valence-electron chi connectivity index (χ2n) is 6.56. The Labute approximate surface area is 146 Å². The van der Waals surface area contributed by atoms with E-state index in [1.807, 2.05) is 35.0 Å². The van der Waals surface area contributed by atoms with Crippen LogP contribution in [-0.4, -0.2) is 50.1 Å². The SMILES string of the molecule is CN(C)CCCn1c(Cn2nnc3ccccc32)nc2ccccc21. The molecule has 0 radical (unpaired) electrons. The fourth-order valence-electron chi connectivity index (χ4n) is 3.21. The molecule has 0 saturated carbocycles. The molecule has 6 nitrogen and oxygen atoms in total. The number of nitrogens with zero attached hydrogens (tertiary/aromatic N) is 6. The number of benzene rings is 2. The van der Waals surface area contributed by atoms with Crippen molar-refractivity contribution in [2.24, 2.45) is 0 Å². The van der Waals surface area contributed by atoms with Crippen LogP contribution in [0.3, 0.4) is 0 Å². The van der Waals surface area contributed by atoms with Gasteiger partial charge in [-0.3, -0.25) is 0 Å². The van der Waals surface area contributed by atoms with E-state index in [-0.39, 0.29) is 0 Å². The summed E-state index contributed by atoms with van der Waals surface area (Å²) in [6.45, 7) is 2.62. The van der Waals surface area contributed by atoms with Gasteiger partial charge in [0.25, 0.3) is 0 Å². The molecule has 0 bridgehead atoms. The molecule has 0 fully saturated rings.